The van der Waals surface area contributed by atoms with E-state index in [9.17, 15) is 9.18 Å². The molecule has 0 saturated heterocycles. The molecule has 0 saturated carbocycles. The number of nitrogens with zero attached hydrogens (tertiary/aromatic N) is 3. The van der Waals surface area contributed by atoms with Crippen LogP contribution in [-0.4, -0.2) is 37.7 Å². The van der Waals surface area contributed by atoms with E-state index in [0.717, 1.165) is 23.4 Å². The molecule has 1 unspecified atom stereocenters. The lowest BCUT2D eigenvalue weighted by molar-refractivity contribution is -0.118. The third-order valence-electron chi connectivity index (χ3n) is 6.27. The number of hydrogen-bond acceptors (Lipinski definition) is 6. The van der Waals surface area contributed by atoms with Crippen LogP contribution in [0.2, 0.25) is 0 Å². The minimum Gasteiger partial charge on any atom is -0.382 e. The van der Waals surface area contributed by atoms with E-state index in [4.69, 9.17) is 0 Å². The Morgan fingerprint density at radius 1 is 1.24 bits per heavy atom. The topological polar surface area (TPSA) is 47.9 Å². The van der Waals surface area contributed by atoms with Crippen molar-refractivity contribution >= 4 is 41.1 Å². The zero-order valence-electron chi connectivity index (χ0n) is 21.4. The Morgan fingerprint density at radius 2 is 2.11 bits per heavy atom. The number of amides is 1. The molecule has 0 aliphatic heterocycles. The van der Waals surface area contributed by atoms with Crippen LogP contribution in [0.5, 0.6) is 0 Å². The number of aliphatic imine (C=N–C) groups is 1. The van der Waals surface area contributed by atoms with Gasteiger partial charge in [-0.2, -0.15) is 0 Å². The van der Waals surface area contributed by atoms with Gasteiger partial charge < -0.3 is 9.80 Å². The van der Waals surface area contributed by atoms with Gasteiger partial charge in [0.15, 0.2) is 0 Å². The highest BCUT2D eigenvalue weighted by molar-refractivity contribution is 7.97. The fourth-order valence-corrected chi connectivity index (χ4v) is 5.94. The van der Waals surface area contributed by atoms with E-state index in [2.05, 4.69) is 34.8 Å². The minimum absolute atomic E-state index is 0.0699. The summed E-state index contributed by atoms with van der Waals surface area (Å²) in [5.74, 6) is -0.0263. The van der Waals surface area contributed by atoms with Crippen molar-refractivity contribution in [2.24, 2.45) is 4.99 Å². The molecule has 3 aromatic rings. The molecular formula is C29H33FN4OS2. The maximum atomic E-state index is 13.6. The van der Waals surface area contributed by atoms with Crippen LogP contribution in [-0.2, 0) is 11.2 Å². The van der Waals surface area contributed by atoms with Gasteiger partial charge in [0.25, 0.3) is 0 Å². The van der Waals surface area contributed by atoms with Crippen molar-refractivity contribution in [3.8, 4) is 0 Å². The first-order valence-corrected chi connectivity index (χ1v) is 14.1. The number of nitrogens with one attached hydrogen (secondary N) is 1. The zero-order valence-corrected chi connectivity index (χ0v) is 23.1. The van der Waals surface area contributed by atoms with E-state index >= 15 is 0 Å². The van der Waals surface area contributed by atoms with Crippen molar-refractivity contribution in [1.29, 1.82) is 0 Å². The fourth-order valence-electron chi connectivity index (χ4n) is 4.31. The maximum absolute atomic E-state index is 13.6. The van der Waals surface area contributed by atoms with Crippen molar-refractivity contribution in [3.63, 3.8) is 0 Å². The minimum atomic E-state index is -0.242. The summed E-state index contributed by atoms with van der Waals surface area (Å²) in [4.78, 5) is 23.7. The zero-order chi connectivity index (χ0) is 26.2. The highest BCUT2D eigenvalue weighted by Crippen LogP contribution is 2.36. The maximum Gasteiger partial charge on any atom is 0.227 e. The number of carbonyl (C=O) groups excluding carboxylic acids is 1. The lowest BCUT2D eigenvalue weighted by Gasteiger charge is -2.24. The third-order valence-corrected chi connectivity index (χ3v) is 8.26. The van der Waals surface area contributed by atoms with Gasteiger partial charge in [0.2, 0.25) is 5.91 Å². The number of rotatable bonds is 11. The van der Waals surface area contributed by atoms with Crippen LogP contribution in [0.1, 0.15) is 47.7 Å². The summed E-state index contributed by atoms with van der Waals surface area (Å²) in [6.45, 7) is 2.49. The fraction of sp³-hybridized carbons (Fsp3) is 0.310. The Bertz CT molecular complexity index is 1240. The average molecular weight is 537 g/mol. The molecule has 0 bridgehead atoms. The molecule has 194 valence electrons. The first-order valence-electron chi connectivity index (χ1n) is 12.4. The number of thiophene rings is 1. The number of carbonyl (C=O) groups is 1. The van der Waals surface area contributed by atoms with Crippen molar-refractivity contribution in [2.45, 2.75) is 43.0 Å². The molecule has 1 aliphatic carbocycles. The lowest BCUT2D eigenvalue weighted by Crippen LogP contribution is -2.33. The van der Waals surface area contributed by atoms with Gasteiger partial charge in [-0.25, -0.2) is 4.39 Å². The second-order valence-electron chi connectivity index (χ2n) is 9.37. The summed E-state index contributed by atoms with van der Waals surface area (Å²) in [5.41, 5.74) is 3.34. The van der Waals surface area contributed by atoms with E-state index in [1.807, 2.05) is 53.7 Å². The number of hydrogen-bond donors (Lipinski definition) is 1. The molecule has 0 fully saturated rings. The molecule has 2 aromatic carbocycles. The van der Waals surface area contributed by atoms with E-state index in [0.29, 0.717) is 13.0 Å². The molecule has 5 nitrogen and oxygen atoms in total. The molecule has 4 rings (SSSR count). The highest BCUT2D eigenvalue weighted by atomic mass is 32.2. The van der Waals surface area contributed by atoms with Crippen molar-refractivity contribution in [2.75, 3.05) is 25.5 Å². The standard InChI is InChI=1S/C29H33FN4OS2/c1-21(28-8-5-17-36-28)18-29(35)34(16-14-31-13-15-33(2)3)24-11-9-22-10-12-27(26(22)20-24)32-37-25-7-4-6-23(30)19-25/h4-9,11,13-15,17,19-21,27,32H,10,12,16,18H2,1-3H3/b15-13-,31-14?/t21-,27?/m0/s1. The van der Waals surface area contributed by atoms with E-state index in [-0.39, 0.29) is 23.7 Å². The van der Waals surface area contributed by atoms with E-state index < -0.39 is 0 Å². The van der Waals surface area contributed by atoms with Crippen LogP contribution in [0.4, 0.5) is 10.1 Å². The Kier molecular flexibility index (Phi) is 9.55. The predicted octanol–water partition coefficient (Wildman–Crippen LogP) is 6.80. The lowest BCUT2D eigenvalue weighted by atomic mass is 10.0. The molecule has 1 heterocycles. The van der Waals surface area contributed by atoms with E-state index in [1.54, 1.807) is 29.8 Å². The van der Waals surface area contributed by atoms with Gasteiger partial charge in [-0.1, -0.05) is 25.1 Å². The summed E-state index contributed by atoms with van der Waals surface area (Å²) < 4.78 is 17.1. The van der Waals surface area contributed by atoms with Crippen LogP contribution in [0.15, 0.2) is 82.3 Å². The Hall–Kier alpha value is -2.94. The van der Waals surface area contributed by atoms with E-state index in [1.165, 1.54) is 40.1 Å². The summed E-state index contributed by atoms with van der Waals surface area (Å²) >= 11 is 3.13. The Morgan fingerprint density at radius 3 is 2.86 bits per heavy atom. The number of benzene rings is 2. The molecule has 0 spiro atoms. The van der Waals surface area contributed by atoms with Crippen LogP contribution < -0.4 is 9.62 Å². The van der Waals surface area contributed by atoms with Gasteiger partial charge in [0.05, 0.1) is 6.54 Å². The number of halogens is 1. The van der Waals surface area contributed by atoms with Crippen LogP contribution in [0, 0.1) is 5.82 Å². The number of aryl methyl sites for hydroxylation is 1. The molecule has 1 aromatic heterocycles. The second kappa shape index (κ2) is 13.0. The van der Waals surface area contributed by atoms with Gasteiger partial charge >= 0.3 is 0 Å². The molecule has 1 amide bonds. The first-order chi connectivity index (χ1) is 17.9. The first kappa shape index (κ1) is 27.1. The van der Waals surface area contributed by atoms with Crippen LogP contribution in [0.3, 0.4) is 0 Å². The third kappa shape index (κ3) is 7.53. The summed E-state index contributed by atoms with van der Waals surface area (Å²) in [5, 5.41) is 2.05. The highest BCUT2D eigenvalue weighted by Gasteiger charge is 2.25. The SMILES string of the molecule is C[C@@H](CC(=O)N(CC=N/C=C\N(C)C)c1ccc2c(c1)C(NSc1cccc(F)c1)CC2)c1cccs1. The van der Waals surface area contributed by atoms with Crippen LogP contribution >= 0.6 is 23.3 Å². The molecule has 8 heteroatoms. The quantitative estimate of drug-likeness (QED) is 0.216. The summed E-state index contributed by atoms with van der Waals surface area (Å²) in [7, 11) is 3.88. The van der Waals surface area contributed by atoms with Crippen molar-refractivity contribution in [1.82, 2.24) is 9.62 Å². The van der Waals surface area contributed by atoms with Gasteiger partial charge in [-0.05, 0) is 83.6 Å². The van der Waals surface area contributed by atoms with Gasteiger partial charge in [-0.3, -0.25) is 14.5 Å². The smallest absolute Gasteiger partial charge is 0.227 e. The predicted molar refractivity (Wildman–Crippen MR) is 154 cm³/mol. The largest absolute Gasteiger partial charge is 0.382 e. The van der Waals surface area contributed by atoms with Gasteiger partial charge in [0, 0.05) is 60.6 Å². The second-order valence-corrected chi connectivity index (χ2v) is 11.3. The molecule has 0 radical (unpaired) electrons. The Labute approximate surface area is 227 Å². The molecule has 1 aliphatic rings. The monoisotopic (exact) mass is 536 g/mol. The molecule has 37 heavy (non-hydrogen) atoms. The molecular weight excluding hydrogens is 503 g/mol. The number of anilines is 1. The van der Waals surface area contributed by atoms with Crippen molar-refractivity contribution in [3.05, 3.63) is 94.2 Å². The summed E-state index contributed by atoms with van der Waals surface area (Å²) in [6, 6.07) is 17.1. The average Bonchev–Trinajstić information content (AvgIpc) is 3.55. The number of fused-ring (bicyclic) bond motifs is 1. The van der Waals surface area contributed by atoms with Gasteiger partial charge in [-0.15, -0.1) is 11.3 Å². The Balaban J connectivity index is 1.52. The van der Waals surface area contributed by atoms with Gasteiger partial charge in [0.1, 0.15) is 5.82 Å². The normalized spacial score (nSPS) is 15.8. The summed E-state index contributed by atoms with van der Waals surface area (Å²) in [6.07, 6.45) is 7.72. The molecule has 1 N–H and O–H groups in total. The van der Waals surface area contributed by atoms with Crippen molar-refractivity contribution < 1.29 is 9.18 Å². The molecule has 2 atom stereocenters. The van der Waals surface area contributed by atoms with Crippen LogP contribution in [0.25, 0.3) is 0 Å².